The second-order valence-electron chi connectivity index (χ2n) is 15.0. The highest BCUT2D eigenvalue weighted by Crippen LogP contribution is 2.74. The number of allylic oxidation sites excluding steroid dienone is 1. The second-order valence-corrected chi connectivity index (χ2v) is 15.0. The van der Waals surface area contributed by atoms with E-state index in [-0.39, 0.29) is 33.7 Å². The van der Waals surface area contributed by atoms with Gasteiger partial charge in [0.05, 0.1) is 6.10 Å². The van der Waals surface area contributed by atoms with Crippen LogP contribution in [0.2, 0.25) is 0 Å². The summed E-state index contributed by atoms with van der Waals surface area (Å²) in [6.07, 6.45) is 14.5. The smallest absolute Gasteiger partial charge is 0.302 e. The zero-order chi connectivity index (χ0) is 24.7. The van der Waals surface area contributed by atoms with Gasteiger partial charge in [-0.2, -0.15) is 0 Å². The highest BCUT2D eigenvalue weighted by molar-refractivity contribution is 5.66. The number of hydrogen-bond donors (Lipinski definition) is 1. The van der Waals surface area contributed by atoms with Gasteiger partial charge in [-0.3, -0.25) is 4.79 Å². The fourth-order valence-corrected chi connectivity index (χ4v) is 10.7. The molecule has 1 unspecified atom stereocenters. The molecule has 5 aliphatic carbocycles. The quantitative estimate of drug-likeness (QED) is 0.340. The molecule has 1 N–H and O–H groups in total. The first-order chi connectivity index (χ1) is 15.8. The van der Waals surface area contributed by atoms with Gasteiger partial charge in [-0.1, -0.05) is 53.2 Å². The van der Waals surface area contributed by atoms with Gasteiger partial charge in [0.1, 0.15) is 6.61 Å². The Balaban J connectivity index is 1.60. The Hall–Kier alpha value is -0.830. The molecule has 0 aliphatic heterocycles. The van der Waals surface area contributed by atoms with Gasteiger partial charge in [0, 0.05) is 12.3 Å². The number of aliphatic hydroxyl groups is 1. The minimum Gasteiger partial charge on any atom is -0.465 e. The van der Waals surface area contributed by atoms with E-state index in [1.54, 1.807) is 12.5 Å². The van der Waals surface area contributed by atoms with Crippen LogP contribution in [0.15, 0.2) is 11.6 Å². The van der Waals surface area contributed by atoms with Gasteiger partial charge in [0.25, 0.3) is 0 Å². The van der Waals surface area contributed by atoms with Gasteiger partial charge in [-0.25, -0.2) is 0 Å². The van der Waals surface area contributed by atoms with E-state index in [1.165, 1.54) is 44.9 Å². The molecule has 0 heterocycles. The van der Waals surface area contributed by atoms with Crippen molar-refractivity contribution in [1.82, 2.24) is 0 Å². The fraction of sp³-hybridized carbons (Fsp3) is 0.903. The van der Waals surface area contributed by atoms with Gasteiger partial charge in [0.15, 0.2) is 0 Å². The lowest BCUT2D eigenvalue weighted by atomic mass is 9.34. The molecule has 0 saturated heterocycles. The molecular formula is C31H50O3. The van der Waals surface area contributed by atoms with Crippen LogP contribution in [0.3, 0.4) is 0 Å². The van der Waals surface area contributed by atoms with E-state index < -0.39 is 0 Å². The Morgan fingerprint density at radius 1 is 0.971 bits per heavy atom. The normalized spacial score (nSPS) is 48.9. The van der Waals surface area contributed by atoms with Crippen molar-refractivity contribution in [3.63, 3.8) is 0 Å². The summed E-state index contributed by atoms with van der Waals surface area (Å²) in [6.45, 7) is 16.8. The molecule has 192 valence electrons. The van der Waals surface area contributed by atoms with Crippen molar-refractivity contribution < 1.29 is 14.6 Å². The van der Waals surface area contributed by atoms with Crippen molar-refractivity contribution in [2.24, 2.45) is 50.7 Å². The molecule has 5 aliphatic rings. The third-order valence-electron chi connectivity index (χ3n) is 12.6. The van der Waals surface area contributed by atoms with E-state index in [9.17, 15) is 9.90 Å². The Kier molecular flexibility index (Phi) is 5.72. The van der Waals surface area contributed by atoms with Crippen molar-refractivity contribution in [3.8, 4) is 0 Å². The van der Waals surface area contributed by atoms with E-state index in [0.29, 0.717) is 29.8 Å². The molecule has 0 aromatic rings. The third-order valence-corrected chi connectivity index (χ3v) is 12.6. The van der Waals surface area contributed by atoms with Crippen LogP contribution in [-0.2, 0) is 9.53 Å². The monoisotopic (exact) mass is 470 g/mol. The van der Waals surface area contributed by atoms with E-state index >= 15 is 0 Å². The maximum atomic E-state index is 12.2. The number of ether oxygens (including phenoxy) is 1. The number of carbonyl (C=O) groups is 1. The summed E-state index contributed by atoms with van der Waals surface area (Å²) in [4.78, 5) is 12.2. The summed E-state index contributed by atoms with van der Waals surface area (Å²) in [5.74, 6) is 2.46. The minimum atomic E-state index is -0.195. The molecule has 3 nitrogen and oxygen atoms in total. The van der Waals surface area contributed by atoms with Gasteiger partial charge in [0.2, 0.25) is 0 Å². The predicted octanol–water partition coefficient (Wildman–Crippen LogP) is 7.32. The summed E-state index contributed by atoms with van der Waals surface area (Å²) in [6, 6.07) is 0. The van der Waals surface area contributed by atoms with E-state index in [1.807, 2.05) is 0 Å². The molecule has 0 amide bonds. The lowest BCUT2D eigenvalue weighted by molar-refractivity contribution is -0.212. The SMILES string of the molecule is CC(=O)OC[C@@]12CC[C@H]3CCC(C)(C)C[C@H]3C1=CC[C@@H]1[C@@]3(C)CC[C@H](O)C(C)(C)C3CC[C@]12C. The first-order valence-electron chi connectivity index (χ1n) is 14.3. The van der Waals surface area contributed by atoms with Crippen LogP contribution in [0.25, 0.3) is 0 Å². The maximum Gasteiger partial charge on any atom is 0.302 e. The largest absolute Gasteiger partial charge is 0.465 e. The number of hydrogen-bond acceptors (Lipinski definition) is 3. The number of fused-ring (bicyclic) bond motifs is 7. The van der Waals surface area contributed by atoms with Crippen molar-refractivity contribution in [1.29, 1.82) is 0 Å². The Bertz CT molecular complexity index is 870. The number of aliphatic hydroxyl groups excluding tert-OH is 1. The van der Waals surface area contributed by atoms with Crippen LogP contribution in [0.4, 0.5) is 0 Å². The molecule has 8 atom stereocenters. The third kappa shape index (κ3) is 3.34. The van der Waals surface area contributed by atoms with Gasteiger partial charge >= 0.3 is 5.97 Å². The molecule has 3 heteroatoms. The first-order valence-corrected chi connectivity index (χ1v) is 14.3. The van der Waals surface area contributed by atoms with Crippen molar-refractivity contribution >= 4 is 5.97 Å². The second kappa shape index (κ2) is 7.83. The average Bonchev–Trinajstić information content (AvgIpc) is 2.74. The Morgan fingerprint density at radius 2 is 1.68 bits per heavy atom. The Morgan fingerprint density at radius 3 is 2.38 bits per heavy atom. The van der Waals surface area contributed by atoms with Gasteiger partial charge in [-0.05, 0) is 110 Å². The van der Waals surface area contributed by atoms with Gasteiger partial charge in [-0.15, -0.1) is 0 Å². The summed E-state index contributed by atoms with van der Waals surface area (Å²) < 4.78 is 5.99. The molecule has 0 aromatic heterocycles. The summed E-state index contributed by atoms with van der Waals surface area (Å²) in [5, 5.41) is 10.9. The number of carbonyl (C=O) groups excluding carboxylic acids is 1. The van der Waals surface area contributed by atoms with Crippen molar-refractivity contribution in [3.05, 3.63) is 11.6 Å². The Labute approximate surface area is 208 Å². The summed E-state index contributed by atoms with van der Waals surface area (Å²) in [5.41, 5.74) is 2.38. The number of esters is 1. The van der Waals surface area contributed by atoms with Gasteiger partial charge < -0.3 is 9.84 Å². The highest BCUT2D eigenvalue weighted by Gasteiger charge is 2.68. The molecule has 5 rings (SSSR count). The predicted molar refractivity (Wildman–Crippen MR) is 137 cm³/mol. The molecule has 4 fully saturated rings. The molecule has 0 bridgehead atoms. The van der Waals surface area contributed by atoms with Crippen LogP contribution in [-0.4, -0.2) is 23.8 Å². The van der Waals surface area contributed by atoms with E-state index in [4.69, 9.17) is 4.74 Å². The zero-order valence-electron chi connectivity index (χ0n) is 23.0. The average molecular weight is 471 g/mol. The molecule has 0 radical (unpaired) electrons. The van der Waals surface area contributed by atoms with Crippen LogP contribution in [0.1, 0.15) is 113 Å². The van der Waals surface area contributed by atoms with Crippen molar-refractivity contribution in [2.45, 2.75) is 119 Å². The maximum absolute atomic E-state index is 12.2. The summed E-state index contributed by atoms with van der Waals surface area (Å²) in [7, 11) is 0. The van der Waals surface area contributed by atoms with Crippen molar-refractivity contribution in [2.75, 3.05) is 6.61 Å². The minimum absolute atomic E-state index is 0.0235. The molecule has 4 saturated carbocycles. The van der Waals surface area contributed by atoms with E-state index in [0.717, 1.165) is 25.2 Å². The van der Waals surface area contributed by atoms with Crippen LogP contribution in [0.5, 0.6) is 0 Å². The topological polar surface area (TPSA) is 46.5 Å². The zero-order valence-corrected chi connectivity index (χ0v) is 23.0. The van der Waals surface area contributed by atoms with Crippen LogP contribution < -0.4 is 0 Å². The van der Waals surface area contributed by atoms with Crippen LogP contribution in [0, 0.1) is 50.7 Å². The lowest BCUT2D eigenvalue weighted by Gasteiger charge is -2.70. The molecule has 0 aromatic carbocycles. The molecule has 34 heavy (non-hydrogen) atoms. The first kappa shape index (κ1) is 24.8. The highest BCUT2D eigenvalue weighted by atomic mass is 16.5. The molecular weight excluding hydrogens is 420 g/mol. The number of rotatable bonds is 2. The summed E-state index contributed by atoms with van der Waals surface area (Å²) >= 11 is 0. The van der Waals surface area contributed by atoms with E-state index in [2.05, 4.69) is 47.6 Å². The fourth-order valence-electron chi connectivity index (χ4n) is 10.7. The van der Waals surface area contributed by atoms with Crippen LogP contribution >= 0.6 is 0 Å². The lowest BCUT2D eigenvalue weighted by Crippen LogP contribution is -2.65. The standard InChI is InChI=1S/C31H50O3/c1-20(32)34-19-31-17-11-21-10-14-27(2,3)18-22(21)23(31)8-9-25-29(6)15-13-26(33)28(4,5)24(29)12-16-30(25,31)7/h8,21-22,24-26,33H,9-19H2,1-7H3/t21-,22-,24?,25-,26+,29+,30-,31+/m1/s1. The molecule has 0 spiro atoms.